The summed E-state index contributed by atoms with van der Waals surface area (Å²) in [6, 6.07) is 9.22. The minimum atomic E-state index is 0.157. The van der Waals surface area contributed by atoms with Crippen LogP contribution in [0.5, 0.6) is 0 Å². The summed E-state index contributed by atoms with van der Waals surface area (Å²) in [5, 5.41) is 3.17. The van der Waals surface area contributed by atoms with E-state index in [2.05, 4.69) is 53.6 Å². The van der Waals surface area contributed by atoms with Gasteiger partial charge in [-0.2, -0.15) is 0 Å². The Balaban J connectivity index is 1.59. The number of carbonyl (C=O) groups is 1. The number of allylic oxidation sites excluding steroid dienone is 2. The lowest BCUT2D eigenvalue weighted by molar-refractivity contribution is -0.125. The monoisotopic (exact) mass is 326 g/mol. The molecule has 0 saturated carbocycles. The molecule has 130 valence electrons. The summed E-state index contributed by atoms with van der Waals surface area (Å²) >= 11 is 0. The van der Waals surface area contributed by atoms with Crippen molar-refractivity contribution in [3.63, 3.8) is 0 Å². The Hall–Kier alpha value is -1.61. The normalized spacial score (nSPS) is 24.7. The SMILES string of the molecule is CC1CCCCN1Cc1ccccc1CNC(=O)C1CC=CCC1. The van der Waals surface area contributed by atoms with E-state index in [9.17, 15) is 4.79 Å². The third-order valence-corrected chi connectivity index (χ3v) is 5.53. The number of rotatable bonds is 5. The molecule has 1 amide bonds. The third kappa shape index (κ3) is 4.47. The highest BCUT2D eigenvalue weighted by Gasteiger charge is 2.20. The third-order valence-electron chi connectivity index (χ3n) is 5.53. The summed E-state index contributed by atoms with van der Waals surface area (Å²) in [6.07, 6.45) is 11.2. The fourth-order valence-electron chi connectivity index (χ4n) is 3.85. The largest absolute Gasteiger partial charge is 0.352 e. The molecule has 1 fully saturated rings. The first-order chi connectivity index (χ1) is 11.7. The predicted octanol–water partition coefficient (Wildman–Crippen LogP) is 4.03. The van der Waals surface area contributed by atoms with Gasteiger partial charge in [0.05, 0.1) is 0 Å². The number of nitrogens with one attached hydrogen (secondary N) is 1. The van der Waals surface area contributed by atoms with E-state index >= 15 is 0 Å². The van der Waals surface area contributed by atoms with Gasteiger partial charge in [0, 0.05) is 25.0 Å². The van der Waals surface area contributed by atoms with Crippen LogP contribution in [0.15, 0.2) is 36.4 Å². The van der Waals surface area contributed by atoms with Crippen LogP contribution in [-0.4, -0.2) is 23.4 Å². The lowest BCUT2D eigenvalue weighted by Gasteiger charge is -2.33. The number of nitrogens with zero attached hydrogens (tertiary/aromatic N) is 1. The smallest absolute Gasteiger partial charge is 0.223 e. The van der Waals surface area contributed by atoms with Gasteiger partial charge >= 0.3 is 0 Å². The number of amides is 1. The Kier molecular flexibility index (Phi) is 6.08. The van der Waals surface area contributed by atoms with Crippen LogP contribution in [0, 0.1) is 5.92 Å². The molecule has 0 radical (unpaired) electrons. The van der Waals surface area contributed by atoms with Gasteiger partial charge in [-0.3, -0.25) is 9.69 Å². The number of hydrogen-bond acceptors (Lipinski definition) is 2. The molecule has 1 saturated heterocycles. The number of piperidine rings is 1. The van der Waals surface area contributed by atoms with E-state index in [4.69, 9.17) is 0 Å². The fourth-order valence-corrected chi connectivity index (χ4v) is 3.85. The zero-order chi connectivity index (χ0) is 16.8. The molecule has 2 atom stereocenters. The molecular formula is C21H30N2O. The standard InChI is InChI=1S/C21H30N2O/c1-17-9-7-8-14-23(17)16-20-13-6-5-12-19(20)15-22-21(24)18-10-3-2-4-11-18/h2-3,5-6,12-13,17-18H,4,7-11,14-16H2,1H3,(H,22,24). The Morgan fingerprint density at radius 3 is 2.75 bits per heavy atom. The predicted molar refractivity (Wildman–Crippen MR) is 98.5 cm³/mol. The summed E-state index contributed by atoms with van der Waals surface area (Å²) in [7, 11) is 0. The van der Waals surface area contributed by atoms with Gasteiger partial charge in [-0.1, -0.05) is 42.8 Å². The van der Waals surface area contributed by atoms with Crippen molar-refractivity contribution in [3.05, 3.63) is 47.5 Å². The van der Waals surface area contributed by atoms with E-state index < -0.39 is 0 Å². The zero-order valence-corrected chi connectivity index (χ0v) is 14.8. The Morgan fingerprint density at radius 1 is 1.17 bits per heavy atom. The molecule has 1 aromatic rings. The summed E-state index contributed by atoms with van der Waals surface area (Å²) in [5.41, 5.74) is 2.62. The van der Waals surface area contributed by atoms with Crippen LogP contribution in [-0.2, 0) is 17.9 Å². The van der Waals surface area contributed by atoms with Gasteiger partial charge in [0.2, 0.25) is 5.91 Å². The van der Waals surface area contributed by atoms with E-state index in [0.717, 1.165) is 25.8 Å². The maximum Gasteiger partial charge on any atom is 0.223 e. The topological polar surface area (TPSA) is 32.3 Å². The molecule has 1 aliphatic heterocycles. The quantitative estimate of drug-likeness (QED) is 0.829. The van der Waals surface area contributed by atoms with Crippen molar-refractivity contribution in [1.29, 1.82) is 0 Å². The second kappa shape index (κ2) is 8.48. The average molecular weight is 326 g/mol. The van der Waals surface area contributed by atoms with Crippen LogP contribution in [0.25, 0.3) is 0 Å². The summed E-state index contributed by atoms with van der Waals surface area (Å²) < 4.78 is 0. The molecule has 1 N–H and O–H groups in total. The van der Waals surface area contributed by atoms with Crippen LogP contribution in [0.4, 0.5) is 0 Å². The zero-order valence-electron chi connectivity index (χ0n) is 14.8. The molecule has 1 heterocycles. The minimum Gasteiger partial charge on any atom is -0.352 e. The molecule has 2 aliphatic rings. The number of benzene rings is 1. The fraction of sp³-hybridized carbons (Fsp3) is 0.571. The average Bonchev–Trinajstić information content (AvgIpc) is 2.63. The molecule has 1 aliphatic carbocycles. The first kappa shape index (κ1) is 17.2. The van der Waals surface area contributed by atoms with Crippen molar-refractivity contribution in [2.45, 2.75) is 64.6 Å². The first-order valence-electron chi connectivity index (χ1n) is 9.47. The molecule has 1 aromatic carbocycles. The highest BCUT2D eigenvalue weighted by atomic mass is 16.1. The molecule has 0 aromatic heterocycles. The van der Waals surface area contributed by atoms with Gasteiger partial charge < -0.3 is 5.32 Å². The van der Waals surface area contributed by atoms with Crippen molar-refractivity contribution in [2.75, 3.05) is 6.54 Å². The number of likely N-dealkylation sites (tertiary alicyclic amines) is 1. The molecule has 3 heteroatoms. The Labute approximate surface area is 146 Å². The van der Waals surface area contributed by atoms with Gasteiger partial charge in [0.1, 0.15) is 0 Å². The lowest BCUT2D eigenvalue weighted by Crippen LogP contribution is -2.37. The van der Waals surface area contributed by atoms with Gasteiger partial charge in [-0.25, -0.2) is 0 Å². The Bertz CT molecular complexity index is 581. The van der Waals surface area contributed by atoms with Crippen molar-refractivity contribution < 1.29 is 4.79 Å². The van der Waals surface area contributed by atoms with Gasteiger partial charge in [-0.05, 0) is 56.7 Å². The minimum absolute atomic E-state index is 0.157. The van der Waals surface area contributed by atoms with Crippen LogP contribution >= 0.6 is 0 Å². The van der Waals surface area contributed by atoms with Crippen LogP contribution in [0.1, 0.15) is 56.6 Å². The summed E-state index contributed by atoms with van der Waals surface area (Å²) in [4.78, 5) is 14.9. The van der Waals surface area contributed by atoms with Crippen LogP contribution in [0.2, 0.25) is 0 Å². The van der Waals surface area contributed by atoms with E-state index in [1.165, 1.54) is 36.9 Å². The van der Waals surface area contributed by atoms with Gasteiger partial charge in [0.15, 0.2) is 0 Å². The molecular weight excluding hydrogens is 296 g/mol. The van der Waals surface area contributed by atoms with E-state index in [1.54, 1.807) is 0 Å². The van der Waals surface area contributed by atoms with Crippen LogP contribution in [0.3, 0.4) is 0 Å². The van der Waals surface area contributed by atoms with Gasteiger partial charge in [0.25, 0.3) is 0 Å². The van der Waals surface area contributed by atoms with Crippen molar-refractivity contribution >= 4 is 5.91 Å². The molecule has 2 unspecified atom stereocenters. The van der Waals surface area contributed by atoms with E-state index in [-0.39, 0.29) is 11.8 Å². The molecule has 0 bridgehead atoms. The summed E-state index contributed by atoms with van der Waals surface area (Å²) in [5.74, 6) is 0.366. The number of hydrogen-bond donors (Lipinski definition) is 1. The van der Waals surface area contributed by atoms with E-state index in [0.29, 0.717) is 12.6 Å². The highest BCUT2D eigenvalue weighted by molar-refractivity contribution is 5.79. The maximum absolute atomic E-state index is 12.4. The van der Waals surface area contributed by atoms with E-state index in [1.807, 2.05) is 0 Å². The highest BCUT2D eigenvalue weighted by Crippen LogP contribution is 2.21. The second-order valence-electron chi connectivity index (χ2n) is 7.28. The molecule has 3 nitrogen and oxygen atoms in total. The van der Waals surface area contributed by atoms with Crippen molar-refractivity contribution in [3.8, 4) is 0 Å². The van der Waals surface area contributed by atoms with Crippen molar-refractivity contribution in [1.82, 2.24) is 10.2 Å². The molecule has 3 rings (SSSR count). The summed E-state index contributed by atoms with van der Waals surface area (Å²) in [6.45, 7) is 5.17. The lowest BCUT2D eigenvalue weighted by atomic mass is 9.93. The van der Waals surface area contributed by atoms with Gasteiger partial charge in [-0.15, -0.1) is 0 Å². The van der Waals surface area contributed by atoms with Crippen LogP contribution < -0.4 is 5.32 Å². The molecule has 0 spiro atoms. The second-order valence-corrected chi connectivity index (χ2v) is 7.28. The van der Waals surface area contributed by atoms with Crippen molar-refractivity contribution in [2.24, 2.45) is 5.92 Å². The maximum atomic E-state index is 12.4. The first-order valence-corrected chi connectivity index (χ1v) is 9.47. The molecule has 24 heavy (non-hydrogen) atoms. The number of carbonyl (C=O) groups excluding carboxylic acids is 1. The Morgan fingerprint density at radius 2 is 2.00 bits per heavy atom.